The first-order valence-corrected chi connectivity index (χ1v) is 6.16. The second-order valence-corrected chi connectivity index (χ2v) is 3.97. The molecule has 3 heteroatoms. The van der Waals surface area contributed by atoms with E-state index < -0.39 is 0 Å². The zero-order valence-electron chi connectivity index (χ0n) is 10.9. The molecule has 3 nitrogen and oxygen atoms in total. The molecule has 16 heavy (non-hydrogen) atoms. The Morgan fingerprint density at radius 2 is 2.00 bits per heavy atom. The zero-order chi connectivity index (χ0) is 12.4. The van der Waals surface area contributed by atoms with Gasteiger partial charge in [0.25, 0.3) is 0 Å². The summed E-state index contributed by atoms with van der Waals surface area (Å²) in [6.07, 6.45) is 4.13. The first-order valence-electron chi connectivity index (χ1n) is 6.16. The van der Waals surface area contributed by atoms with Gasteiger partial charge >= 0.3 is 5.97 Å². The average Bonchev–Trinajstić information content (AvgIpc) is 2.26. The summed E-state index contributed by atoms with van der Waals surface area (Å²) in [6.45, 7) is 12.4. The maximum Gasteiger partial charge on any atom is 0.320 e. The fraction of sp³-hybridized carbons (Fsp3) is 0.769. The quantitative estimate of drug-likeness (QED) is 0.447. The molecule has 0 fully saturated rings. The van der Waals surface area contributed by atoms with E-state index in [4.69, 9.17) is 4.74 Å². The van der Waals surface area contributed by atoms with Crippen LogP contribution in [0.5, 0.6) is 0 Å². The molecular weight excluding hydrogens is 202 g/mol. The summed E-state index contributed by atoms with van der Waals surface area (Å²) in [5.41, 5.74) is 0. The molecule has 0 saturated heterocycles. The van der Waals surface area contributed by atoms with Gasteiger partial charge in [0.05, 0.1) is 13.2 Å². The molecule has 0 unspecified atom stereocenters. The van der Waals surface area contributed by atoms with Crippen LogP contribution in [-0.4, -0.2) is 37.1 Å². The van der Waals surface area contributed by atoms with Crippen molar-refractivity contribution in [1.29, 1.82) is 0 Å². The number of esters is 1. The van der Waals surface area contributed by atoms with Crippen molar-refractivity contribution in [2.24, 2.45) is 5.92 Å². The highest BCUT2D eigenvalue weighted by Crippen LogP contribution is 2.09. The van der Waals surface area contributed by atoms with E-state index in [0.29, 0.717) is 19.1 Å². The Morgan fingerprint density at radius 1 is 1.38 bits per heavy atom. The molecule has 0 radical (unpaired) electrons. The van der Waals surface area contributed by atoms with Gasteiger partial charge in [0.15, 0.2) is 0 Å². The maximum absolute atomic E-state index is 11.4. The molecule has 0 rings (SSSR count). The lowest BCUT2D eigenvalue weighted by atomic mass is 10.0. The number of carbonyl (C=O) groups is 1. The normalized spacial score (nSPS) is 10.8. The minimum absolute atomic E-state index is 0.143. The number of hydrogen-bond donors (Lipinski definition) is 0. The van der Waals surface area contributed by atoms with Gasteiger partial charge in [-0.3, -0.25) is 9.69 Å². The van der Waals surface area contributed by atoms with Gasteiger partial charge in [0, 0.05) is 13.1 Å². The van der Waals surface area contributed by atoms with Crippen molar-refractivity contribution >= 4 is 5.97 Å². The van der Waals surface area contributed by atoms with E-state index in [2.05, 4.69) is 25.3 Å². The number of carbonyl (C=O) groups excluding carboxylic acids is 1. The Balaban J connectivity index is 4.14. The van der Waals surface area contributed by atoms with Gasteiger partial charge in [-0.25, -0.2) is 0 Å². The summed E-state index contributed by atoms with van der Waals surface area (Å²) < 4.78 is 4.95. The Bertz CT molecular complexity index is 200. The van der Waals surface area contributed by atoms with E-state index in [1.165, 1.54) is 0 Å². The fourth-order valence-electron chi connectivity index (χ4n) is 1.69. The number of hydrogen-bond acceptors (Lipinski definition) is 3. The van der Waals surface area contributed by atoms with Crippen LogP contribution in [0.2, 0.25) is 0 Å². The molecule has 0 spiro atoms. The molecule has 0 bridgehead atoms. The second-order valence-electron chi connectivity index (χ2n) is 3.97. The Hall–Kier alpha value is -0.830. The number of ether oxygens (including phenoxy) is 1. The van der Waals surface area contributed by atoms with Crippen LogP contribution in [0.1, 0.15) is 33.6 Å². The summed E-state index contributed by atoms with van der Waals surface area (Å²) in [5.74, 6) is 0.504. The van der Waals surface area contributed by atoms with Crippen LogP contribution in [0, 0.1) is 5.92 Å². The van der Waals surface area contributed by atoms with Crippen molar-refractivity contribution < 1.29 is 9.53 Å². The van der Waals surface area contributed by atoms with Crippen molar-refractivity contribution in [3.63, 3.8) is 0 Å². The SMILES string of the molecule is C=CCN(CC(=O)OCC)CC(CC)CC. The monoisotopic (exact) mass is 227 g/mol. The third kappa shape index (κ3) is 6.62. The van der Waals surface area contributed by atoms with Crippen LogP contribution >= 0.6 is 0 Å². The molecule has 0 aromatic heterocycles. The highest BCUT2D eigenvalue weighted by Gasteiger charge is 2.14. The Kier molecular flexibility index (Phi) is 8.91. The molecule has 0 heterocycles. The molecule has 0 aliphatic rings. The second kappa shape index (κ2) is 9.40. The van der Waals surface area contributed by atoms with Crippen LogP contribution in [0.4, 0.5) is 0 Å². The minimum Gasteiger partial charge on any atom is -0.465 e. The lowest BCUT2D eigenvalue weighted by Gasteiger charge is -2.24. The molecule has 0 atom stereocenters. The highest BCUT2D eigenvalue weighted by atomic mass is 16.5. The summed E-state index contributed by atoms with van der Waals surface area (Å²) in [6, 6.07) is 0. The van der Waals surface area contributed by atoms with Gasteiger partial charge in [0.1, 0.15) is 0 Å². The van der Waals surface area contributed by atoms with E-state index in [9.17, 15) is 4.79 Å². The Labute approximate surface area is 99.5 Å². The van der Waals surface area contributed by atoms with Crippen LogP contribution in [0.15, 0.2) is 12.7 Å². The van der Waals surface area contributed by atoms with Crippen LogP contribution < -0.4 is 0 Å². The lowest BCUT2D eigenvalue weighted by molar-refractivity contribution is -0.144. The van der Waals surface area contributed by atoms with Crippen molar-refractivity contribution in [3.05, 3.63) is 12.7 Å². The topological polar surface area (TPSA) is 29.5 Å². The minimum atomic E-state index is -0.143. The zero-order valence-corrected chi connectivity index (χ0v) is 10.9. The van der Waals surface area contributed by atoms with E-state index in [1.54, 1.807) is 0 Å². The molecule has 0 aromatic carbocycles. The molecule has 94 valence electrons. The van der Waals surface area contributed by atoms with Gasteiger partial charge in [-0.1, -0.05) is 32.8 Å². The van der Waals surface area contributed by atoms with Crippen molar-refractivity contribution in [2.75, 3.05) is 26.2 Å². The summed E-state index contributed by atoms with van der Waals surface area (Å²) >= 11 is 0. The predicted molar refractivity (Wildman–Crippen MR) is 67.3 cm³/mol. The Morgan fingerprint density at radius 3 is 2.44 bits per heavy atom. The molecule has 0 saturated carbocycles. The standard InChI is InChI=1S/C13H25NO2/c1-5-9-14(10-12(6-2)7-3)11-13(15)16-8-4/h5,12H,1,6-11H2,2-4H3. The third-order valence-corrected chi connectivity index (χ3v) is 2.72. The van der Waals surface area contributed by atoms with E-state index in [1.807, 2.05) is 13.0 Å². The van der Waals surface area contributed by atoms with Crippen molar-refractivity contribution in [3.8, 4) is 0 Å². The number of rotatable bonds is 9. The largest absolute Gasteiger partial charge is 0.465 e. The lowest BCUT2D eigenvalue weighted by Crippen LogP contribution is -2.35. The van der Waals surface area contributed by atoms with E-state index in [-0.39, 0.29) is 5.97 Å². The highest BCUT2D eigenvalue weighted by molar-refractivity contribution is 5.71. The van der Waals surface area contributed by atoms with Crippen LogP contribution in [0.25, 0.3) is 0 Å². The van der Waals surface area contributed by atoms with Gasteiger partial charge in [-0.05, 0) is 12.8 Å². The van der Waals surface area contributed by atoms with Gasteiger partial charge in [-0.2, -0.15) is 0 Å². The smallest absolute Gasteiger partial charge is 0.320 e. The van der Waals surface area contributed by atoms with Crippen molar-refractivity contribution in [1.82, 2.24) is 4.90 Å². The first-order chi connectivity index (χ1) is 7.67. The van der Waals surface area contributed by atoms with Crippen LogP contribution in [0.3, 0.4) is 0 Å². The number of nitrogens with zero attached hydrogens (tertiary/aromatic N) is 1. The van der Waals surface area contributed by atoms with E-state index in [0.717, 1.165) is 25.9 Å². The summed E-state index contributed by atoms with van der Waals surface area (Å²) in [7, 11) is 0. The van der Waals surface area contributed by atoms with Crippen molar-refractivity contribution in [2.45, 2.75) is 33.6 Å². The summed E-state index contributed by atoms with van der Waals surface area (Å²) in [4.78, 5) is 13.5. The molecule has 0 aliphatic carbocycles. The molecule has 0 aromatic rings. The fourth-order valence-corrected chi connectivity index (χ4v) is 1.69. The molecule has 0 N–H and O–H groups in total. The molecular formula is C13H25NO2. The van der Waals surface area contributed by atoms with Gasteiger partial charge in [0.2, 0.25) is 0 Å². The summed E-state index contributed by atoms with van der Waals surface area (Å²) in [5, 5.41) is 0. The van der Waals surface area contributed by atoms with Gasteiger partial charge < -0.3 is 4.74 Å². The third-order valence-electron chi connectivity index (χ3n) is 2.72. The predicted octanol–water partition coefficient (Wildman–Crippen LogP) is 2.47. The average molecular weight is 227 g/mol. The maximum atomic E-state index is 11.4. The first kappa shape index (κ1) is 15.2. The molecule has 0 aliphatic heterocycles. The van der Waals surface area contributed by atoms with Gasteiger partial charge in [-0.15, -0.1) is 6.58 Å². The van der Waals surface area contributed by atoms with Crippen LogP contribution in [-0.2, 0) is 9.53 Å². The molecule has 0 amide bonds. The van der Waals surface area contributed by atoms with E-state index >= 15 is 0 Å².